The van der Waals surface area contributed by atoms with Gasteiger partial charge in [-0.1, -0.05) is 58.7 Å². The van der Waals surface area contributed by atoms with Crippen LogP contribution in [0.3, 0.4) is 0 Å². The predicted molar refractivity (Wildman–Crippen MR) is 111 cm³/mol. The van der Waals surface area contributed by atoms with Crippen LogP contribution in [0.5, 0.6) is 0 Å². The van der Waals surface area contributed by atoms with Gasteiger partial charge < -0.3 is 5.32 Å². The Bertz CT molecular complexity index is 986. The molecule has 0 bridgehead atoms. The Morgan fingerprint density at radius 1 is 1.07 bits per heavy atom. The van der Waals surface area contributed by atoms with Gasteiger partial charge >= 0.3 is 0 Å². The van der Waals surface area contributed by atoms with Crippen molar-refractivity contribution in [2.24, 2.45) is 0 Å². The molecule has 0 aliphatic carbocycles. The zero-order valence-corrected chi connectivity index (χ0v) is 17.4. The van der Waals surface area contributed by atoms with Crippen LogP contribution >= 0.6 is 35.0 Å². The van der Waals surface area contributed by atoms with Gasteiger partial charge in [0.25, 0.3) is 0 Å². The second-order valence-corrected chi connectivity index (χ2v) is 7.82. The molecule has 0 aliphatic rings. The van der Waals surface area contributed by atoms with Gasteiger partial charge in [-0.25, -0.2) is 0 Å². The van der Waals surface area contributed by atoms with Crippen LogP contribution in [0.1, 0.15) is 17.0 Å². The van der Waals surface area contributed by atoms with Gasteiger partial charge in [-0.3, -0.25) is 9.36 Å². The molecular formula is C19H18Cl2N4OS. The molecule has 0 saturated carbocycles. The van der Waals surface area contributed by atoms with Crippen LogP contribution in [-0.2, 0) is 4.79 Å². The van der Waals surface area contributed by atoms with Gasteiger partial charge in [-0.15, -0.1) is 10.2 Å². The summed E-state index contributed by atoms with van der Waals surface area (Å²) in [4.78, 5) is 12.4. The summed E-state index contributed by atoms with van der Waals surface area (Å²) in [6, 6.07) is 11.6. The number of anilines is 1. The second kappa shape index (κ2) is 8.33. The fraction of sp³-hybridized carbons (Fsp3) is 0.211. The summed E-state index contributed by atoms with van der Waals surface area (Å²) in [5.41, 5.74) is 3.40. The third-order valence-corrected chi connectivity index (χ3v) is 5.70. The smallest absolute Gasteiger partial charge is 0.234 e. The molecule has 5 nitrogen and oxygen atoms in total. The molecule has 1 heterocycles. The van der Waals surface area contributed by atoms with Crippen LogP contribution in [0.15, 0.2) is 41.6 Å². The van der Waals surface area contributed by atoms with Gasteiger partial charge in [0, 0.05) is 5.69 Å². The Balaban J connectivity index is 1.74. The van der Waals surface area contributed by atoms with E-state index in [1.807, 2.05) is 55.7 Å². The van der Waals surface area contributed by atoms with Crippen molar-refractivity contribution < 1.29 is 4.79 Å². The maximum Gasteiger partial charge on any atom is 0.234 e. The molecule has 27 heavy (non-hydrogen) atoms. The number of halogens is 2. The maximum atomic E-state index is 12.4. The summed E-state index contributed by atoms with van der Waals surface area (Å²) in [6.07, 6.45) is 0. The van der Waals surface area contributed by atoms with E-state index in [9.17, 15) is 4.79 Å². The van der Waals surface area contributed by atoms with E-state index >= 15 is 0 Å². The van der Waals surface area contributed by atoms with Crippen molar-refractivity contribution in [3.8, 4) is 5.69 Å². The number of nitrogens with one attached hydrogen (secondary N) is 1. The highest BCUT2D eigenvalue weighted by Crippen LogP contribution is 2.33. The molecule has 0 atom stereocenters. The lowest BCUT2D eigenvalue weighted by atomic mass is 10.2. The molecule has 3 rings (SSSR count). The quantitative estimate of drug-likeness (QED) is 0.573. The highest BCUT2D eigenvalue weighted by molar-refractivity contribution is 7.99. The Kier molecular flexibility index (Phi) is 6.09. The Morgan fingerprint density at radius 2 is 1.78 bits per heavy atom. The minimum absolute atomic E-state index is 0.157. The lowest BCUT2D eigenvalue weighted by molar-refractivity contribution is -0.113. The average Bonchev–Trinajstić information content (AvgIpc) is 3.01. The molecule has 0 fully saturated rings. The number of rotatable bonds is 5. The summed E-state index contributed by atoms with van der Waals surface area (Å²) < 4.78 is 1.92. The number of carbonyl (C=O) groups excluding carboxylic acids is 1. The molecule has 2 aromatic carbocycles. The fourth-order valence-electron chi connectivity index (χ4n) is 2.50. The fourth-order valence-corrected chi connectivity index (χ4v) is 3.77. The molecule has 3 aromatic rings. The zero-order chi connectivity index (χ0) is 19.6. The first-order chi connectivity index (χ1) is 12.9. The van der Waals surface area contributed by atoms with Crippen LogP contribution in [-0.4, -0.2) is 26.4 Å². The number of nitrogens with zero attached hydrogens (tertiary/aromatic N) is 3. The predicted octanol–water partition coefficient (Wildman–Crippen LogP) is 5.23. The molecule has 0 aliphatic heterocycles. The van der Waals surface area contributed by atoms with Crippen LogP contribution in [0, 0.1) is 20.8 Å². The first-order valence-electron chi connectivity index (χ1n) is 8.23. The van der Waals surface area contributed by atoms with Gasteiger partial charge in [0.15, 0.2) is 5.16 Å². The normalized spacial score (nSPS) is 10.9. The van der Waals surface area contributed by atoms with Crippen LogP contribution in [0.25, 0.3) is 5.69 Å². The first-order valence-corrected chi connectivity index (χ1v) is 9.97. The molecule has 1 aromatic heterocycles. The van der Waals surface area contributed by atoms with Crippen LogP contribution < -0.4 is 5.32 Å². The number of thioether (sulfide) groups is 1. The molecule has 0 unspecified atom stereocenters. The summed E-state index contributed by atoms with van der Waals surface area (Å²) in [5, 5.41) is 12.6. The topological polar surface area (TPSA) is 59.8 Å². The van der Waals surface area contributed by atoms with Crippen molar-refractivity contribution in [1.82, 2.24) is 14.8 Å². The minimum Gasteiger partial charge on any atom is -0.323 e. The standard InChI is InChI=1S/C19H18Cl2N4OS/c1-11-4-7-14(8-5-11)25-13(3)23-24-19(25)27-10-16(26)22-18-15(20)9-6-12(2)17(18)21/h4-9H,10H2,1-3H3,(H,22,26). The van der Waals surface area contributed by atoms with Gasteiger partial charge in [-0.2, -0.15) is 0 Å². The van der Waals surface area contributed by atoms with E-state index in [1.165, 1.54) is 17.3 Å². The average molecular weight is 421 g/mol. The summed E-state index contributed by atoms with van der Waals surface area (Å²) in [5.74, 6) is 0.696. The molecule has 1 N–H and O–H groups in total. The van der Waals surface area contributed by atoms with Crippen molar-refractivity contribution in [2.75, 3.05) is 11.1 Å². The van der Waals surface area contributed by atoms with Crippen molar-refractivity contribution in [1.29, 1.82) is 0 Å². The molecule has 140 valence electrons. The molecule has 1 amide bonds. The Hall–Kier alpha value is -2.02. The van der Waals surface area contributed by atoms with Crippen LogP contribution in [0.4, 0.5) is 5.69 Å². The Morgan fingerprint density at radius 3 is 2.48 bits per heavy atom. The zero-order valence-electron chi connectivity index (χ0n) is 15.1. The molecule has 8 heteroatoms. The second-order valence-electron chi connectivity index (χ2n) is 6.09. The van der Waals surface area contributed by atoms with E-state index in [4.69, 9.17) is 23.2 Å². The van der Waals surface area contributed by atoms with Crippen molar-refractivity contribution in [2.45, 2.75) is 25.9 Å². The molecule has 0 saturated heterocycles. The number of amides is 1. The number of aromatic nitrogens is 3. The summed E-state index contributed by atoms with van der Waals surface area (Å²) in [6.45, 7) is 5.77. The van der Waals surface area contributed by atoms with E-state index < -0.39 is 0 Å². The van der Waals surface area contributed by atoms with Gasteiger partial charge in [0.1, 0.15) is 5.82 Å². The summed E-state index contributed by atoms with van der Waals surface area (Å²) in [7, 11) is 0. The number of carbonyl (C=O) groups is 1. The van der Waals surface area contributed by atoms with E-state index in [0.717, 1.165) is 17.1 Å². The van der Waals surface area contributed by atoms with E-state index in [2.05, 4.69) is 15.5 Å². The van der Waals surface area contributed by atoms with E-state index in [1.54, 1.807) is 6.07 Å². The third kappa shape index (κ3) is 4.46. The van der Waals surface area contributed by atoms with Crippen molar-refractivity contribution in [3.63, 3.8) is 0 Å². The monoisotopic (exact) mass is 420 g/mol. The molecular weight excluding hydrogens is 403 g/mol. The number of benzene rings is 2. The lowest BCUT2D eigenvalue weighted by Gasteiger charge is -2.11. The van der Waals surface area contributed by atoms with Crippen LogP contribution in [0.2, 0.25) is 10.0 Å². The third-order valence-electron chi connectivity index (χ3n) is 3.97. The van der Waals surface area contributed by atoms with Crippen molar-refractivity contribution in [3.05, 3.63) is 63.4 Å². The summed E-state index contributed by atoms with van der Waals surface area (Å²) >= 11 is 13.7. The number of aryl methyl sites for hydroxylation is 3. The van der Waals surface area contributed by atoms with Gasteiger partial charge in [-0.05, 0) is 44.5 Å². The van der Waals surface area contributed by atoms with Gasteiger partial charge in [0.05, 0.1) is 21.5 Å². The van der Waals surface area contributed by atoms with E-state index in [-0.39, 0.29) is 11.7 Å². The number of hydrogen-bond donors (Lipinski definition) is 1. The Labute approximate surface area is 172 Å². The highest BCUT2D eigenvalue weighted by atomic mass is 35.5. The first kappa shape index (κ1) is 19.7. The molecule has 0 radical (unpaired) electrons. The maximum absolute atomic E-state index is 12.4. The minimum atomic E-state index is -0.217. The lowest BCUT2D eigenvalue weighted by Crippen LogP contribution is -2.15. The highest BCUT2D eigenvalue weighted by Gasteiger charge is 2.15. The van der Waals surface area contributed by atoms with E-state index in [0.29, 0.717) is 20.9 Å². The van der Waals surface area contributed by atoms with Crippen molar-refractivity contribution >= 4 is 46.6 Å². The largest absolute Gasteiger partial charge is 0.323 e. The SMILES string of the molecule is Cc1ccc(-n2c(C)nnc2SCC(=O)Nc2c(Cl)ccc(C)c2Cl)cc1. The molecule has 0 spiro atoms. The van der Waals surface area contributed by atoms with Gasteiger partial charge in [0.2, 0.25) is 5.91 Å². The number of hydrogen-bond acceptors (Lipinski definition) is 4.